The highest BCUT2D eigenvalue weighted by Crippen LogP contribution is 2.22. The topological polar surface area (TPSA) is 52.3 Å². The van der Waals surface area contributed by atoms with Crippen LogP contribution >= 0.6 is 0 Å². The van der Waals surface area contributed by atoms with Crippen molar-refractivity contribution in [3.8, 4) is 0 Å². The van der Waals surface area contributed by atoms with E-state index in [0.29, 0.717) is 18.4 Å². The van der Waals surface area contributed by atoms with Crippen LogP contribution in [0.1, 0.15) is 45.4 Å². The maximum atomic E-state index is 12.0. The van der Waals surface area contributed by atoms with E-state index in [0.717, 1.165) is 25.0 Å². The molecule has 0 saturated heterocycles. The molecular formula is C12H25NO2S. The Kier molecular flexibility index (Phi) is 7.25. The van der Waals surface area contributed by atoms with Gasteiger partial charge in [-0.2, -0.15) is 0 Å². The zero-order valence-corrected chi connectivity index (χ0v) is 11.1. The summed E-state index contributed by atoms with van der Waals surface area (Å²) in [7, 11) is -0.668. The van der Waals surface area contributed by atoms with E-state index in [1.54, 1.807) is 0 Å². The van der Waals surface area contributed by atoms with Gasteiger partial charge in [0.25, 0.3) is 0 Å². The zero-order valence-electron chi connectivity index (χ0n) is 10.3. The Balaban J connectivity index is 2.22. The summed E-state index contributed by atoms with van der Waals surface area (Å²) in [5.41, 5.74) is 5.60. The van der Waals surface area contributed by atoms with Gasteiger partial charge >= 0.3 is 0 Å². The van der Waals surface area contributed by atoms with Gasteiger partial charge in [0, 0.05) is 35.0 Å². The van der Waals surface area contributed by atoms with Crippen LogP contribution in [0.5, 0.6) is 0 Å². The molecule has 2 unspecified atom stereocenters. The van der Waals surface area contributed by atoms with Crippen LogP contribution in [-0.4, -0.2) is 34.5 Å². The van der Waals surface area contributed by atoms with E-state index >= 15 is 0 Å². The Hall–Kier alpha value is 0.0700. The quantitative estimate of drug-likeness (QED) is 0.746. The summed E-state index contributed by atoms with van der Waals surface area (Å²) in [5.74, 6) is 0.756. The SMILES string of the molecule is CCOC(CN)CCS(=O)C1CCCCC1. The molecule has 2 N–H and O–H groups in total. The number of hydrogen-bond donors (Lipinski definition) is 1. The fraction of sp³-hybridized carbons (Fsp3) is 1.00. The number of rotatable bonds is 7. The standard InChI is InChI=1S/C12H25NO2S/c1-2-15-11(10-13)8-9-16(14)12-6-4-3-5-7-12/h11-12H,2-10,13H2,1H3. The summed E-state index contributed by atoms with van der Waals surface area (Å²) < 4.78 is 17.5. The lowest BCUT2D eigenvalue weighted by Gasteiger charge is -2.22. The monoisotopic (exact) mass is 247 g/mol. The van der Waals surface area contributed by atoms with Crippen LogP contribution in [0.25, 0.3) is 0 Å². The lowest BCUT2D eigenvalue weighted by atomic mass is 10.0. The lowest BCUT2D eigenvalue weighted by Crippen LogP contribution is -2.28. The molecule has 0 aromatic heterocycles. The first kappa shape index (κ1) is 14.1. The summed E-state index contributed by atoms with van der Waals surface area (Å²) >= 11 is 0. The van der Waals surface area contributed by atoms with Gasteiger partial charge in [-0.3, -0.25) is 4.21 Å². The highest BCUT2D eigenvalue weighted by atomic mass is 32.2. The van der Waals surface area contributed by atoms with Crippen molar-refractivity contribution in [3.05, 3.63) is 0 Å². The Morgan fingerprint density at radius 2 is 2.06 bits per heavy atom. The van der Waals surface area contributed by atoms with Gasteiger partial charge in [-0.05, 0) is 26.2 Å². The van der Waals surface area contributed by atoms with Crippen LogP contribution in [0.4, 0.5) is 0 Å². The average molecular weight is 247 g/mol. The van der Waals surface area contributed by atoms with Gasteiger partial charge in [-0.15, -0.1) is 0 Å². The third-order valence-corrected chi connectivity index (χ3v) is 5.08. The Morgan fingerprint density at radius 3 is 2.62 bits per heavy atom. The minimum atomic E-state index is -0.668. The molecule has 0 aromatic rings. The first-order chi connectivity index (χ1) is 7.77. The van der Waals surface area contributed by atoms with E-state index in [-0.39, 0.29) is 6.10 Å². The summed E-state index contributed by atoms with van der Waals surface area (Å²) in [4.78, 5) is 0. The smallest absolute Gasteiger partial charge is 0.0705 e. The molecule has 4 heteroatoms. The molecule has 0 aromatic carbocycles. The Morgan fingerprint density at radius 1 is 1.38 bits per heavy atom. The van der Waals surface area contributed by atoms with Gasteiger partial charge in [0.1, 0.15) is 0 Å². The molecule has 0 radical (unpaired) electrons. The molecule has 1 aliphatic carbocycles. The normalized spacial score (nSPS) is 21.9. The van der Waals surface area contributed by atoms with Crippen LogP contribution in [0, 0.1) is 0 Å². The van der Waals surface area contributed by atoms with Crippen molar-refractivity contribution in [2.45, 2.75) is 56.8 Å². The summed E-state index contributed by atoms with van der Waals surface area (Å²) in [5, 5.41) is 0.439. The van der Waals surface area contributed by atoms with Gasteiger partial charge in [-0.1, -0.05) is 19.3 Å². The molecule has 3 nitrogen and oxygen atoms in total. The highest BCUT2D eigenvalue weighted by Gasteiger charge is 2.20. The molecule has 0 amide bonds. The van der Waals surface area contributed by atoms with Crippen LogP contribution in [0.2, 0.25) is 0 Å². The molecule has 1 saturated carbocycles. The van der Waals surface area contributed by atoms with Crippen molar-refractivity contribution in [3.63, 3.8) is 0 Å². The van der Waals surface area contributed by atoms with Crippen LogP contribution in [0.3, 0.4) is 0 Å². The van der Waals surface area contributed by atoms with Crippen molar-refractivity contribution >= 4 is 10.8 Å². The molecule has 1 fully saturated rings. The second kappa shape index (κ2) is 8.20. The number of nitrogens with two attached hydrogens (primary N) is 1. The maximum Gasteiger partial charge on any atom is 0.0705 e. The fourth-order valence-corrected chi connectivity index (χ4v) is 3.93. The molecule has 0 aliphatic heterocycles. The minimum Gasteiger partial charge on any atom is -0.377 e. The van der Waals surface area contributed by atoms with Gasteiger partial charge in [0.05, 0.1) is 6.10 Å². The van der Waals surface area contributed by atoms with Gasteiger partial charge in [0.15, 0.2) is 0 Å². The first-order valence-corrected chi connectivity index (χ1v) is 7.85. The minimum absolute atomic E-state index is 0.0949. The zero-order chi connectivity index (χ0) is 11.8. The predicted molar refractivity (Wildman–Crippen MR) is 69.0 cm³/mol. The largest absolute Gasteiger partial charge is 0.377 e. The first-order valence-electron chi connectivity index (χ1n) is 6.46. The van der Waals surface area contributed by atoms with Gasteiger partial charge in [-0.25, -0.2) is 0 Å². The lowest BCUT2D eigenvalue weighted by molar-refractivity contribution is 0.0672. The molecule has 2 atom stereocenters. The molecular weight excluding hydrogens is 222 g/mol. The number of ether oxygens (including phenoxy) is 1. The maximum absolute atomic E-state index is 12.0. The van der Waals surface area contributed by atoms with Crippen molar-refractivity contribution in [1.29, 1.82) is 0 Å². The van der Waals surface area contributed by atoms with E-state index in [2.05, 4.69) is 0 Å². The molecule has 16 heavy (non-hydrogen) atoms. The highest BCUT2D eigenvalue weighted by molar-refractivity contribution is 7.85. The van der Waals surface area contributed by atoms with E-state index in [4.69, 9.17) is 10.5 Å². The van der Waals surface area contributed by atoms with Crippen LogP contribution in [0.15, 0.2) is 0 Å². The second-order valence-corrected chi connectivity index (χ2v) is 6.28. The molecule has 96 valence electrons. The van der Waals surface area contributed by atoms with Crippen molar-refractivity contribution in [2.24, 2.45) is 5.73 Å². The fourth-order valence-electron chi connectivity index (χ4n) is 2.25. The van der Waals surface area contributed by atoms with Gasteiger partial charge < -0.3 is 10.5 Å². The molecule has 1 rings (SSSR count). The molecule has 0 bridgehead atoms. The van der Waals surface area contributed by atoms with E-state index < -0.39 is 10.8 Å². The Bertz CT molecular complexity index is 205. The summed E-state index contributed by atoms with van der Waals surface area (Å²) in [6.45, 7) is 3.20. The summed E-state index contributed by atoms with van der Waals surface area (Å²) in [6.07, 6.45) is 7.05. The third kappa shape index (κ3) is 4.93. The molecule has 0 heterocycles. The van der Waals surface area contributed by atoms with E-state index in [1.807, 2.05) is 6.92 Å². The third-order valence-electron chi connectivity index (χ3n) is 3.23. The van der Waals surface area contributed by atoms with Crippen molar-refractivity contribution < 1.29 is 8.95 Å². The van der Waals surface area contributed by atoms with Crippen molar-refractivity contribution in [1.82, 2.24) is 0 Å². The van der Waals surface area contributed by atoms with Gasteiger partial charge in [0.2, 0.25) is 0 Å². The van der Waals surface area contributed by atoms with E-state index in [9.17, 15) is 4.21 Å². The average Bonchev–Trinajstić information content (AvgIpc) is 2.35. The number of hydrogen-bond acceptors (Lipinski definition) is 3. The van der Waals surface area contributed by atoms with Crippen molar-refractivity contribution in [2.75, 3.05) is 18.9 Å². The Labute approximate surface area is 102 Å². The van der Waals surface area contributed by atoms with E-state index in [1.165, 1.54) is 19.3 Å². The second-order valence-electron chi connectivity index (χ2n) is 4.45. The summed E-state index contributed by atoms with van der Waals surface area (Å²) in [6, 6.07) is 0. The predicted octanol–water partition coefficient (Wildman–Crippen LogP) is 1.82. The molecule has 0 spiro atoms. The molecule has 1 aliphatic rings. The van der Waals surface area contributed by atoms with Crippen LogP contribution < -0.4 is 5.73 Å². The van der Waals surface area contributed by atoms with Crippen LogP contribution in [-0.2, 0) is 15.5 Å².